The van der Waals surface area contributed by atoms with E-state index in [1.165, 1.54) is 9.88 Å². The molecule has 0 aliphatic heterocycles. The zero-order valence-corrected chi connectivity index (χ0v) is 8.75. The van der Waals surface area contributed by atoms with E-state index in [1.807, 2.05) is 6.20 Å². The molecule has 1 heterocycles. The van der Waals surface area contributed by atoms with Crippen molar-refractivity contribution in [3.8, 4) is 0 Å². The van der Waals surface area contributed by atoms with Crippen molar-refractivity contribution in [2.24, 2.45) is 0 Å². The molecule has 0 aliphatic carbocycles. The summed E-state index contributed by atoms with van der Waals surface area (Å²) in [7, 11) is 0. The molecule has 0 radical (unpaired) electrons. The lowest BCUT2D eigenvalue weighted by molar-refractivity contribution is 0.852. The van der Waals surface area contributed by atoms with Gasteiger partial charge in [-0.1, -0.05) is 13.8 Å². The number of hydrogen-bond acceptors (Lipinski definition) is 3. The molecule has 0 fully saturated rings. The summed E-state index contributed by atoms with van der Waals surface area (Å²) in [6, 6.07) is 0. The highest BCUT2D eigenvalue weighted by Crippen LogP contribution is 2.28. The zero-order valence-electron chi connectivity index (χ0n) is 7.03. The predicted molar refractivity (Wildman–Crippen MR) is 53.6 cm³/mol. The average Bonchev–Trinajstić information content (AvgIpc) is 2.33. The van der Waals surface area contributed by atoms with Crippen molar-refractivity contribution in [1.82, 2.24) is 4.98 Å². The third-order valence-corrected chi connectivity index (χ3v) is 3.38. The molecule has 1 aromatic heterocycles. The van der Waals surface area contributed by atoms with E-state index in [2.05, 4.69) is 38.4 Å². The van der Waals surface area contributed by atoms with Crippen molar-refractivity contribution in [1.29, 1.82) is 0 Å². The predicted octanol–water partition coefficient (Wildman–Crippen LogP) is 3.26. The van der Waals surface area contributed by atoms with Crippen LogP contribution in [0.5, 0.6) is 0 Å². The summed E-state index contributed by atoms with van der Waals surface area (Å²) in [5.74, 6) is 0.542. The molecule has 1 atom stereocenters. The molecule has 0 aromatic carbocycles. The highest BCUT2D eigenvalue weighted by atomic mass is 32.1. The first kappa shape index (κ1) is 9.07. The molecule has 1 rings (SSSR count). The highest BCUT2D eigenvalue weighted by Gasteiger charge is 2.07. The second kappa shape index (κ2) is 3.59. The van der Waals surface area contributed by atoms with Gasteiger partial charge in [0.25, 0.3) is 0 Å². The van der Waals surface area contributed by atoms with E-state index in [1.54, 1.807) is 11.3 Å². The van der Waals surface area contributed by atoms with E-state index < -0.39 is 0 Å². The molecule has 1 unspecified atom stereocenters. The number of aromatic nitrogens is 1. The summed E-state index contributed by atoms with van der Waals surface area (Å²) in [6.07, 6.45) is 1.93. The minimum atomic E-state index is 0.319. The van der Waals surface area contributed by atoms with E-state index in [9.17, 15) is 0 Å². The largest absolute Gasteiger partial charge is 0.249 e. The highest BCUT2D eigenvalue weighted by molar-refractivity contribution is 7.80. The van der Waals surface area contributed by atoms with Crippen LogP contribution in [0.15, 0.2) is 6.20 Å². The van der Waals surface area contributed by atoms with Gasteiger partial charge >= 0.3 is 0 Å². The van der Waals surface area contributed by atoms with Crippen molar-refractivity contribution in [3.05, 3.63) is 16.1 Å². The molecule has 0 N–H and O–H groups in total. The van der Waals surface area contributed by atoms with Gasteiger partial charge in [0.1, 0.15) is 0 Å². The van der Waals surface area contributed by atoms with Gasteiger partial charge < -0.3 is 0 Å². The van der Waals surface area contributed by atoms with Gasteiger partial charge in [-0.15, -0.1) is 11.3 Å². The quantitative estimate of drug-likeness (QED) is 0.701. The Balaban J connectivity index is 2.82. The van der Waals surface area contributed by atoms with Crippen molar-refractivity contribution >= 4 is 24.0 Å². The fourth-order valence-corrected chi connectivity index (χ4v) is 1.84. The van der Waals surface area contributed by atoms with Gasteiger partial charge in [0, 0.05) is 22.2 Å². The summed E-state index contributed by atoms with van der Waals surface area (Å²) in [5, 5.41) is 1.53. The van der Waals surface area contributed by atoms with Crippen molar-refractivity contribution < 1.29 is 0 Å². The number of thiol groups is 1. The molecule has 1 nitrogen and oxygen atoms in total. The summed E-state index contributed by atoms with van der Waals surface area (Å²) in [5.41, 5.74) is 0. The van der Waals surface area contributed by atoms with Crippen LogP contribution in [0.3, 0.4) is 0 Å². The Morgan fingerprint density at radius 1 is 1.45 bits per heavy atom. The SMILES string of the molecule is CC(C)c1ncc(C(C)S)s1. The Labute approximate surface area is 77.3 Å². The van der Waals surface area contributed by atoms with Crippen LogP contribution in [0.4, 0.5) is 0 Å². The van der Waals surface area contributed by atoms with E-state index in [0.717, 1.165) is 0 Å². The molecule has 0 aliphatic rings. The first-order valence-electron chi connectivity index (χ1n) is 3.75. The molecular weight excluding hydrogens is 174 g/mol. The zero-order chi connectivity index (χ0) is 8.43. The topological polar surface area (TPSA) is 12.9 Å². The molecule has 0 bridgehead atoms. The van der Waals surface area contributed by atoms with Crippen LogP contribution >= 0.6 is 24.0 Å². The van der Waals surface area contributed by atoms with E-state index in [-0.39, 0.29) is 0 Å². The molecule has 1 aromatic rings. The molecule has 11 heavy (non-hydrogen) atoms. The Morgan fingerprint density at radius 2 is 2.09 bits per heavy atom. The molecule has 62 valence electrons. The maximum atomic E-state index is 4.34. The maximum Gasteiger partial charge on any atom is 0.0953 e. The summed E-state index contributed by atoms with van der Waals surface area (Å²) < 4.78 is 0. The van der Waals surface area contributed by atoms with E-state index in [4.69, 9.17) is 0 Å². The normalized spacial score (nSPS) is 13.9. The molecule has 0 spiro atoms. The van der Waals surface area contributed by atoms with Crippen molar-refractivity contribution in [3.63, 3.8) is 0 Å². The average molecular weight is 187 g/mol. The lowest BCUT2D eigenvalue weighted by atomic mass is 10.2. The molecular formula is C8H13NS2. The second-order valence-electron chi connectivity index (χ2n) is 2.93. The lowest BCUT2D eigenvalue weighted by Gasteiger charge is -1.97. The molecule has 0 saturated heterocycles. The molecule has 3 heteroatoms. The Hall–Kier alpha value is -0.0200. The molecule has 0 amide bonds. The maximum absolute atomic E-state index is 4.34. The van der Waals surface area contributed by atoms with Crippen LogP contribution in [0.25, 0.3) is 0 Å². The summed E-state index contributed by atoms with van der Waals surface area (Å²) in [4.78, 5) is 5.57. The Kier molecular flexibility index (Phi) is 2.96. The van der Waals surface area contributed by atoms with Crippen LogP contribution < -0.4 is 0 Å². The third-order valence-electron chi connectivity index (χ3n) is 1.45. The van der Waals surface area contributed by atoms with Gasteiger partial charge in [-0.2, -0.15) is 12.6 Å². The Morgan fingerprint density at radius 3 is 2.36 bits per heavy atom. The summed E-state index contributed by atoms with van der Waals surface area (Å²) >= 11 is 6.10. The molecule has 0 saturated carbocycles. The van der Waals surface area contributed by atoms with Crippen LogP contribution in [-0.4, -0.2) is 4.98 Å². The first-order chi connectivity index (χ1) is 5.11. The monoisotopic (exact) mass is 187 g/mol. The van der Waals surface area contributed by atoms with Crippen LogP contribution in [-0.2, 0) is 0 Å². The van der Waals surface area contributed by atoms with Gasteiger partial charge in [-0.05, 0) is 6.92 Å². The van der Waals surface area contributed by atoms with E-state index >= 15 is 0 Å². The Bertz CT molecular complexity index is 205. The van der Waals surface area contributed by atoms with Crippen LogP contribution in [0.1, 0.15) is 41.8 Å². The van der Waals surface area contributed by atoms with Crippen molar-refractivity contribution in [2.45, 2.75) is 31.9 Å². The fraction of sp³-hybridized carbons (Fsp3) is 0.625. The second-order valence-corrected chi connectivity index (χ2v) is 4.80. The minimum absolute atomic E-state index is 0.319. The number of thiazole rings is 1. The van der Waals surface area contributed by atoms with Crippen LogP contribution in [0.2, 0.25) is 0 Å². The van der Waals surface area contributed by atoms with Crippen LogP contribution in [0, 0.1) is 0 Å². The number of rotatable bonds is 2. The van der Waals surface area contributed by atoms with Crippen molar-refractivity contribution in [2.75, 3.05) is 0 Å². The van der Waals surface area contributed by atoms with Gasteiger partial charge in [0.15, 0.2) is 0 Å². The number of hydrogen-bond donors (Lipinski definition) is 1. The lowest BCUT2D eigenvalue weighted by Crippen LogP contribution is -1.81. The van der Waals surface area contributed by atoms with Gasteiger partial charge in [0.05, 0.1) is 5.01 Å². The third kappa shape index (κ3) is 2.20. The standard InChI is InChI=1S/C8H13NS2/c1-5(2)8-9-4-7(11-8)6(3)10/h4-6,10H,1-3H3. The smallest absolute Gasteiger partial charge is 0.0953 e. The number of nitrogens with zero attached hydrogens (tertiary/aromatic N) is 1. The summed E-state index contributed by atoms with van der Waals surface area (Å²) in [6.45, 7) is 6.39. The minimum Gasteiger partial charge on any atom is -0.249 e. The van der Waals surface area contributed by atoms with Gasteiger partial charge in [-0.25, -0.2) is 4.98 Å². The van der Waals surface area contributed by atoms with E-state index in [0.29, 0.717) is 11.2 Å². The van der Waals surface area contributed by atoms with Gasteiger partial charge in [-0.3, -0.25) is 0 Å². The fourth-order valence-electron chi connectivity index (χ4n) is 0.761. The first-order valence-corrected chi connectivity index (χ1v) is 5.08. The van der Waals surface area contributed by atoms with Gasteiger partial charge in [0.2, 0.25) is 0 Å².